The lowest BCUT2D eigenvalue weighted by atomic mass is 10.1. The van der Waals surface area contributed by atoms with Crippen LogP contribution in [0, 0.1) is 26.6 Å². The van der Waals surface area contributed by atoms with E-state index in [0.29, 0.717) is 5.69 Å². The molecular formula is C23H27FN4O2. The number of aryl methyl sites for hydroxylation is 2. The van der Waals surface area contributed by atoms with Crippen LogP contribution in [-0.4, -0.2) is 29.3 Å². The smallest absolute Gasteiger partial charge is 0.238 e. The van der Waals surface area contributed by atoms with E-state index in [1.54, 1.807) is 12.1 Å². The number of hydrogen-bond acceptors (Lipinski definition) is 4. The van der Waals surface area contributed by atoms with E-state index < -0.39 is 5.82 Å². The van der Waals surface area contributed by atoms with Crippen LogP contribution < -0.4 is 15.4 Å². The molecule has 6 nitrogen and oxygen atoms in total. The van der Waals surface area contributed by atoms with E-state index in [1.807, 2.05) is 56.6 Å². The Balaban J connectivity index is 1.65. The van der Waals surface area contributed by atoms with Crippen LogP contribution in [0.1, 0.15) is 35.5 Å². The van der Waals surface area contributed by atoms with E-state index >= 15 is 0 Å². The third-order valence-corrected chi connectivity index (χ3v) is 5.08. The Labute approximate surface area is 176 Å². The molecule has 0 saturated heterocycles. The number of halogens is 1. The average molecular weight is 410 g/mol. The normalized spacial score (nSPS) is 11.9. The zero-order valence-electron chi connectivity index (χ0n) is 17.9. The zero-order chi connectivity index (χ0) is 21.8. The summed E-state index contributed by atoms with van der Waals surface area (Å²) in [5.74, 6) is -0.423. The van der Waals surface area contributed by atoms with Gasteiger partial charge in [0.1, 0.15) is 0 Å². The van der Waals surface area contributed by atoms with Crippen LogP contribution in [0.25, 0.3) is 5.69 Å². The third kappa shape index (κ3) is 4.68. The van der Waals surface area contributed by atoms with Gasteiger partial charge in [-0.25, -0.2) is 9.07 Å². The Morgan fingerprint density at radius 3 is 2.50 bits per heavy atom. The van der Waals surface area contributed by atoms with Gasteiger partial charge in [0.05, 0.1) is 36.4 Å². The van der Waals surface area contributed by atoms with Crippen LogP contribution in [-0.2, 0) is 4.79 Å². The summed E-state index contributed by atoms with van der Waals surface area (Å²) >= 11 is 0. The SMILES string of the molecule is COc1ccc(C(C)NCC(=O)Nc2c(C)nn(-c3ccc(C)cc3)c2C)cc1F. The number of hydrogen-bond donors (Lipinski definition) is 2. The van der Waals surface area contributed by atoms with E-state index in [-0.39, 0.29) is 24.2 Å². The van der Waals surface area contributed by atoms with Crippen molar-refractivity contribution in [2.45, 2.75) is 33.7 Å². The minimum Gasteiger partial charge on any atom is -0.494 e. The molecule has 7 heteroatoms. The fourth-order valence-electron chi connectivity index (χ4n) is 3.26. The number of ether oxygens (including phenoxy) is 1. The van der Waals surface area contributed by atoms with Crippen molar-refractivity contribution in [2.75, 3.05) is 19.0 Å². The van der Waals surface area contributed by atoms with Crippen LogP contribution in [0.3, 0.4) is 0 Å². The van der Waals surface area contributed by atoms with Gasteiger partial charge in [0, 0.05) is 6.04 Å². The summed E-state index contributed by atoms with van der Waals surface area (Å²) in [5, 5.41) is 10.6. The summed E-state index contributed by atoms with van der Waals surface area (Å²) in [4.78, 5) is 12.5. The minimum atomic E-state index is -0.428. The lowest BCUT2D eigenvalue weighted by Gasteiger charge is -2.15. The molecule has 1 unspecified atom stereocenters. The average Bonchev–Trinajstić information content (AvgIpc) is 3.00. The number of nitrogens with one attached hydrogen (secondary N) is 2. The fourth-order valence-corrected chi connectivity index (χ4v) is 3.26. The molecule has 3 aromatic rings. The Kier molecular flexibility index (Phi) is 6.52. The second-order valence-corrected chi connectivity index (χ2v) is 7.34. The number of nitrogens with zero attached hydrogens (tertiary/aromatic N) is 2. The standard InChI is InChI=1S/C23H27FN4O2/c1-14-6-9-19(10-7-14)28-17(4)23(16(3)27-28)26-22(29)13-25-15(2)18-8-11-21(30-5)20(24)12-18/h6-12,15,25H,13H2,1-5H3,(H,26,29). The molecule has 3 rings (SSSR count). The number of benzene rings is 2. The maximum atomic E-state index is 13.9. The minimum absolute atomic E-state index is 0.0867. The molecule has 0 spiro atoms. The lowest BCUT2D eigenvalue weighted by Crippen LogP contribution is -2.30. The first-order valence-electron chi connectivity index (χ1n) is 9.80. The van der Waals surface area contributed by atoms with Crippen molar-refractivity contribution in [1.82, 2.24) is 15.1 Å². The van der Waals surface area contributed by atoms with Gasteiger partial charge in [0.15, 0.2) is 11.6 Å². The van der Waals surface area contributed by atoms with Gasteiger partial charge < -0.3 is 15.4 Å². The molecule has 2 aromatic carbocycles. The molecule has 0 aliphatic carbocycles. The van der Waals surface area contributed by atoms with Crippen molar-refractivity contribution >= 4 is 11.6 Å². The molecule has 0 bridgehead atoms. The van der Waals surface area contributed by atoms with Crippen LogP contribution in [0.15, 0.2) is 42.5 Å². The Morgan fingerprint density at radius 2 is 1.87 bits per heavy atom. The molecule has 1 aromatic heterocycles. The van der Waals surface area contributed by atoms with E-state index in [0.717, 1.165) is 22.6 Å². The maximum absolute atomic E-state index is 13.9. The summed E-state index contributed by atoms with van der Waals surface area (Å²) in [6.45, 7) is 7.78. The first kappa shape index (κ1) is 21.5. The predicted molar refractivity (Wildman–Crippen MR) is 116 cm³/mol. The number of aromatic nitrogens is 2. The lowest BCUT2D eigenvalue weighted by molar-refractivity contribution is -0.115. The fraction of sp³-hybridized carbons (Fsp3) is 0.304. The van der Waals surface area contributed by atoms with Gasteiger partial charge >= 0.3 is 0 Å². The molecule has 158 valence electrons. The summed E-state index contributed by atoms with van der Waals surface area (Å²) in [6, 6.07) is 12.6. The van der Waals surface area contributed by atoms with Gasteiger partial charge in [0.25, 0.3) is 0 Å². The van der Waals surface area contributed by atoms with Crippen LogP contribution in [0.4, 0.5) is 10.1 Å². The predicted octanol–water partition coefficient (Wildman–Crippen LogP) is 4.23. The van der Waals surface area contributed by atoms with E-state index in [2.05, 4.69) is 15.7 Å². The van der Waals surface area contributed by atoms with Crippen molar-refractivity contribution in [3.8, 4) is 11.4 Å². The number of methoxy groups -OCH3 is 1. The van der Waals surface area contributed by atoms with Crippen molar-refractivity contribution in [1.29, 1.82) is 0 Å². The maximum Gasteiger partial charge on any atom is 0.238 e. The molecule has 1 heterocycles. The molecule has 0 saturated carbocycles. The monoisotopic (exact) mass is 410 g/mol. The summed E-state index contributed by atoms with van der Waals surface area (Å²) in [7, 11) is 1.43. The number of rotatable bonds is 7. The Bertz CT molecular complexity index is 1040. The van der Waals surface area contributed by atoms with Gasteiger partial charge in [-0.2, -0.15) is 5.10 Å². The topological polar surface area (TPSA) is 68.2 Å². The molecule has 1 atom stereocenters. The molecule has 2 N–H and O–H groups in total. The number of amides is 1. The van der Waals surface area contributed by atoms with Crippen molar-refractivity contribution in [3.05, 3.63) is 70.8 Å². The van der Waals surface area contributed by atoms with Crippen LogP contribution in [0.5, 0.6) is 5.75 Å². The van der Waals surface area contributed by atoms with Gasteiger partial charge in [-0.15, -0.1) is 0 Å². The number of carbonyl (C=O) groups is 1. The highest BCUT2D eigenvalue weighted by molar-refractivity contribution is 5.93. The second-order valence-electron chi connectivity index (χ2n) is 7.34. The third-order valence-electron chi connectivity index (χ3n) is 5.08. The Morgan fingerprint density at radius 1 is 1.17 bits per heavy atom. The van der Waals surface area contributed by atoms with E-state index in [4.69, 9.17) is 4.74 Å². The van der Waals surface area contributed by atoms with Crippen molar-refractivity contribution < 1.29 is 13.9 Å². The summed E-state index contributed by atoms with van der Waals surface area (Å²) in [6.07, 6.45) is 0. The van der Waals surface area contributed by atoms with Crippen molar-refractivity contribution in [3.63, 3.8) is 0 Å². The molecule has 0 aliphatic rings. The van der Waals surface area contributed by atoms with Gasteiger partial charge in [-0.3, -0.25) is 4.79 Å². The highest BCUT2D eigenvalue weighted by Crippen LogP contribution is 2.24. The molecule has 30 heavy (non-hydrogen) atoms. The van der Waals surface area contributed by atoms with Crippen LogP contribution >= 0.6 is 0 Å². The number of carbonyl (C=O) groups excluding carboxylic acids is 1. The molecule has 0 fully saturated rings. The quantitative estimate of drug-likeness (QED) is 0.612. The summed E-state index contributed by atoms with van der Waals surface area (Å²) in [5.41, 5.74) is 5.15. The largest absolute Gasteiger partial charge is 0.494 e. The van der Waals surface area contributed by atoms with Gasteiger partial charge in [0.2, 0.25) is 5.91 Å². The summed E-state index contributed by atoms with van der Waals surface area (Å²) < 4.78 is 20.7. The molecule has 0 aliphatic heterocycles. The van der Waals surface area contributed by atoms with Crippen molar-refractivity contribution in [2.24, 2.45) is 0 Å². The highest BCUT2D eigenvalue weighted by Gasteiger charge is 2.16. The Hall–Kier alpha value is -3.19. The molecule has 0 radical (unpaired) electrons. The first-order chi connectivity index (χ1) is 14.3. The van der Waals surface area contributed by atoms with E-state index in [9.17, 15) is 9.18 Å². The number of anilines is 1. The second kappa shape index (κ2) is 9.09. The van der Waals surface area contributed by atoms with E-state index in [1.165, 1.54) is 18.7 Å². The van der Waals surface area contributed by atoms with Gasteiger partial charge in [-0.05, 0) is 57.5 Å². The zero-order valence-corrected chi connectivity index (χ0v) is 17.9. The molecule has 1 amide bonds. The highest BCUT2D eigenvalue weighted by atomic mass is 19.1. The van der Waals surface area contributed by atoms with Crippen LogP contribution in [0.2, 0.25) is 0 Å². The molecular weight excluding hydrogens is 383 g/mol. The first-order valence-corrected chi connectivity index (χ1v) is 9.80. The van der Waals surface area contributed by atoms with Gasteiger partial charge in [-0.1, -0.05) is 23.8 Å².